The molecule has 0 radical (unpaired) electrons. The number of hydrogen-bond donors (Lipinski definition) is 0. The van der Waals surface area contributed by atoms with Gasteiger partial charge in [-0.15, -0.1) is 24.8 Å². The first-order valence-electron chi connectivity index (χ1n) is 8.52. The van der Waals surface area contributed by atoms with Crippen LogP contribution < -0.4 is 9.47 Å². The van der Waals surface area contributed by atoms with E-state index in [-0.39, 0.29) is 24.8 Å². The Kier molecular flexibility index (Phi) is 7.05. The first kappa shape index (κ1) is 21.7. The first-order chi connectivity index (χ1) is 12.7. The topological polar surface area (TPSA) is 44.2 Å². The second-order valence-corrected chi connectivity index (χ2v) is 6.44. The Hall–Kier alpha value is -2.56. The highest BCUT2D eigenvalue weighted by Gasteiger charge is 2.10. The molecule has 0 amide bonds. The summed E-state index contributed by atoms with van der Waals surface area (Å²) >= 11 is 0. The molecule has 4 nitrogen and oxygen atoms in total. The van der Waals surface area contributed by atoms with Crippen LogP contribution in [0.25, 0.3) is 21.7 Å². The van der Waals surface area contributed by atoms with Crippen LogP contribution >= 0.6 is 24.8 Å². The van der Waals surface area contributed by atoms with E-state index in [1.165, 1.54) is 5.56 Å². The van der Waals surface area contributed by atoms with Crippen LogP contribution in [-0.2, 0) is 6.42 Å². The van der Waals surface area contributed by atoms with Crippen LogP contribution in [0.15, 0.2) is 55.0 Å². The zero-order valence-corrected chi connectivity index (χ0v) is 17.6. The summed E-state index contributed by atoms with van der Waals surface area (Å²) in [5.74, 6) is 1.43. The lowest BCUT2D eigenvalue weighted by Gasteiger charge is -2.12. The third-order valence-electron chi connectivity index (χ3n) is 4.64. The third kappa shape index (κ3) is 4.13. The maximum Gasteiger partial charge on any atom is 0.161 e. The number of rotatable bonds is 4. The zero-order valence-electron chi connectivity index (χ0n) is 15.9. The molecule has 146 valence electrons. The molecule has 6 heteroatoms. The lowest BCUT2D eigenvalue weighted by molar-refractivity contribution is 0.356. The predicted octanol–water partition coefficient (Wildman–Crippen LogP) is 5.54. The van der Waals surface area contributed by atoms with Gasteiger partial charge in [0.25, 0.3) is 0 Å². The second kappa shape index (κ2) is 9.09. The number of halogens is 2. The van der Waals surface area contributed by atoms with Gasteiger partial charge in [-0.3, -0.25) is 9.97 Å². The predicted molar refractivity (Wildman–Crippen MR) is 119 cm³/mol. The normalized spacial score (nSPS) is 10.2. The number of fused-ring (bicyclic) bond motifs is 2. The molecule has 4 rings (SSSR count). The average Bonchev–Trinajstić information content (AvgIpc) is 2.67. The Morgan fingerprint density at radius 2 is 1.57 bits per heavy atom. The fourth-order valence-corrected chi connectivity index (χ4v) is 3.29. The third-order valence-corrected chi connectivity index (χ3v) is 4.64. The summed E-state index contributed by atoms with van der Waals surface area (Å²) in [6.45, 7) is 2.08. The molecule has 0 aliphatic heterocycles. The van der Waals surface area contributed by atoms with Crippen molar-refractivity contribution in [3.8, 4) is 11.5 Å². The van der Waals surface area contributed by atoms with Gasteiger partial charge in [-0.25, -0.2) is 0 Å². The molecule has 0 aliphatic carbocycles. The molecule has 4 aromatic rings. The molecule has 0 atom stereocenters. The van der Waals surface area contributed by atoms with E-state index >= 15 is 0 Å². The minimum absolute atomic E-state index is 0. The maximum absolute atomic E-state index is 5.46. The lowest BCUT2D eigenvalue weighted by Crippen LogP contribution is -1.96. The van der Waals surface area contributed by atoms with Gasteiger partial charge in [0.1, 0.15) is 0 Å². The maximum atomic E-state index is 5.46. The van der Waals surface area contributed by atoms with Crippen molar-refractivity contribution in [2.24, 2.45) is 0 Å². The number of nitrogens with zero attached hydrogens (tertiary/aromatic N) is 2. The fraction of sp³-hybridized carbons (Fsp3) is 0.182. The minimum atomic E-state index is 0. The molecular weight excluding hydrogens is 395 g/mol. The van der Waals surface area contributed by atoms with Crippen LogP contribution in [0.4, 0.5) is 0 Å². The molecule has 0 bridgehead atoms. The van der Waals surface area contributed by atoms with Crippen LogP contribution in [0, 0.1) is 6.92 Å². The molecule has 2 aromatic carbocycles. The highest BCUT2D eigenvalue weighted by atomic mass is 35.5. The smallest absolute Gasteiger partial charge is 0.161 e. The average molecular weight is 417 g/mol. The van der Waals surface area contributed by atoms with E-state index in [1.54, 1.807) is 14.2 Å². The van der Waals surface area contributed by atoms with E-state index in [4.69, 9.17) is 9.47 Å². The quantitative estimate of drug-likeness (QED) is 0.437. The summed E-state index contributed by atoms with van der Waals surface area (Å²) < 4.78 is 10.9. The van der Waals surface area contributed by atoms with Gasteiger partial charge in [0.05, 0.1) is 19.7 Å². The zero-order chi connectivity index (χ0) is 18.1. The summed E-state index contributed by atoms with van der Waals surface area (Å²) in [5.41, 5.74) is 4.54. The summed E-state index contributed by atoms with van der Waals surface area (Å²) in [4.78, 5) is 9.01. The fourth-order valence-electron chi connectivity index (χ4n) is 3.29. The van der Waals surface area contributed by atoms with Crippen molar-refractivity contribution in [3.05, 3.63) is 71.7 Å². The van der Waals surface area contributed by atoms with E-state index in [2.05, 4.69) is 41.2 Å². The molecule has 0 N–H and O–H groups in total. The van der Waals surface area contributed by atoms with Crippen molar-refractivity contribution >= 4 is 46.5 Å². The largest absolute Gasteiger partial charge is 0.493 e. The van der Waals surface area contributed by atoms with Crippen LogP contribution in [0.2, 0.25) is 0 Å². The first-order valence-corrected chi connectivity index (χ1v) is 8.52. The molecule has 2 heterocycles. The standard InChI is InChI=1S/C22H20N2O2.2ClH/c1-14-4-5-16-7-15(11-24-20(16)6-14)8-17-12-23-13-18-9-21(25-2)22(26-3)10-19(17)18;;/h4-7,9-13H,8H2,1-3H3;2*1H. The summed E-state index contributed by atoms with van der Waals surface area (Å²) in [6.07, 6.45) is 6.47. The minimum Gasteiger partial charge on any atom is -0.493 e. The highest BCUT2D eigenvalue weighted by Crippen LogP contribution is 2.33. The Labute approximate surface area is 176 Å². The number of aryl methyl sites for hydroxylation is 1. The van der Waals surface area contributed by atoms with Crippen molar-refractivity contribution < 1.29 is 9.47 Å². The number of hydrogen-bond acceptors (Lipinski definition) is 4. The van der Waals surface area contributed by atoms with Gasteiger partial charge in [-0.2, -0.15) is 0 Å². The van der Waals surface area contributed by atoms with Crippen LogP contribution in [-0.4, -0.2) is 24.2 Å². The molecule has 2 aromatic heterocycles. The van der Waals surface area contributed by atoms with Crippen LogP contribution in [0.3, 0.4) is 0 Å². The molecular formula is C22H22Cl2N2O2. The summed E-state index contributed by atoms with van der Waals surface area (Å²) in [7, 11) is 3.29. The Bertz CT molecular complexity index is 1120. The Morgan fingerprint density at radius 3 is 2.32 bits per heavy atom. The highest BCUT2D eigenvalue weighted by molar-refractivity contribution is 5.88. The van der Waals surface area contributed by atoms with Crippen molar-refractivity contribution in [2.45, 2.75) is 13.3 Å². The second-order valence-electron chi connectivity index (χ2n) is 6.44. The molecule has 0 fully saturated rings. The molecule has 0 saturated heterocycles. The van der Waals surface area contributed by atoms with E-state index in [1.807, 2.05) is 30.7 Å². The van der Waals surface area contributed by atoms with Crippen molar-refractivity contribution in [1.82, 2.24) is 9.97 Å². The van der Waals surface area contributed by atoms with Crippen LogP contribution in [0.1, 0.15) is 16.7 Å². The van der Waals surface area contributed by atoms with Gasteiger partial charge in [0, 0.05) is 35.8 Å². The number of ether oxygens (including phenoxy) is 2. The van der Waals surface area contributed by atoms with Gasteiger partial charge in [0.15, 0.2) is 11.5 Å². The number of benzene rings is 2. The molecule has 0 spiro atoms. The Balaban J connectivity index is 0.00000140. The van der Waals surface area contributed by atoms with E-state index in [0.29, 0.717) is 5.75 Å². The van der Waals surface area contributed by atoms with Gasteiger partial charge in [0.2, 0.25) is 0 Å². The SMILES string of the molecule is COc1cc2cncc(Cc3cnc4cc(C)ccc4c3)c2cc1OC.Cl.Cl. The number of methoxy groups -OCH3 is 2. The van der Waals surface area contributed by atoms with Crippen LogP contribution in [0.5, 0.6) is 11.5 Å². The van der Waals surface area contributed by atoms with E-state index in [9.17, 15) is 0 Å². The number of aromatic nitrogens is 2. The molecule has 0 aliphatic rings. The van der Waals surface area contributed by atoms with Gasteiger partial charge < -0.3 is 9.47 Å². The Morgan fingerprint density at radius 1 is 0.821 bits per heavy atom. The van der Waals surface area contributed by atoms with Gasteiger partial charge >= 0.3 is 0 Å². The van der Waals surface area contributed by atoms with Crippen molar-refractivity contribution in [2.75, 3.05) is 14.2 Å². The van der Waals surface area contributed by atoms with Gasteiger partial charge in [-0.05, 0) is 53.3 Å². The van der Waals surface area contributed by atoms with Gasteiger partial charge in [-0.1, -0.05) is 12.1 Å². The molecule has 28 heavy (non-hydrogen) atoms. The van der Waals surface area contributed by atoms with E-state index < -0.39 is 0 Å². The molecule has 0 saturated carbocycles. The van der Waals surface area contributed by atoms with Crippen molar-refractivity contribution in [3.63, 3.8) is 0 Å². The van der Waals surface area contributed by atoms with Crippen molar-refractivity contribution in [1.29, 1.82) is 0 Å². The van der Waals surface area contributed by atoms with E-state index in [0.717, 1.165) is 45.0 Å². The summed E-state index contributed by atoms with van der Waals surface area (Å²) in [6, 6.07) is 12.5. The lowest BCUT2D eigenvalue weighted by atomic mass is 10.00. The summed E-state index contributed by atoms with van der Waals surface area (Å²) in [5, 5.41) is 3.30. The number of pyridine rings is 2. The monoisotopic (exact) mass is 416 g/mol. The molecule has 0 unspecified atom stereocenters.